The number of nitrogens with zero attached hydrogens (tertiary/aromatic N) is 3. The normalized spacial score (nSPS) is 10.3. The number of benzene rings is 1. The molecule has 0 radical (unpaired) electrons. The zero-order valence-corrected chi connectivity index (χ0v) is 10.4. The van der Waals surface area contributed by atoms with Gasteiger partial charge in [-0.3, -0.25) is 4.57 Å². The lowest BCUT2D eigenvalue weighted by molar-refractivity contribution is -0.388. The van der Waals surface area contributed by atoms with Gasteiger partial charge in [-0.1, -0.05) is 23.7 Å². The maximum atomic E-state index is 10.8. The van der Waals surface area contributed by atoms with Gasteiger partial charge in [-0.25, -0.2) is 0 Å². The van der Waals surface area contributed by atoms with E-state index in [0.717, 1.165) is 5.56 Å². The number of aryl methyl sites for hydroxylation is 1. The summed E-state index contributed by atoms with van der Waals surface area (Å²) >= 11 is 5.86. The molecular formula is C11H11ClN4O2. The average Bonchev–Trinajstić information content (AvgIpc) is 2.68. The Morgan fingerprint density at radius 2 is 2.33 bits per heavy atom. The number of nitrogens with one attached hydrogen (secondary N) is 1. The second-order valence-corrected chi connectivity index (χ2v) is 4.20. The molecular weight excluding hydrogens is 256 g/mol. The van der Waals surface area contributed by atoms with E-state index in [4.69, 9.17) is 11.6 Å². The molecule has 0 bridgehead atoms. The summed E-state index contributed by atoms with van der Waals surface area (Å²) in [4.78, 5) is 14.0. The van der Waals surface area contributed by atoms with Gasteiger partial charge >= 0.3 is 5.82 Å². The number of aromatic nitrogens is 2. The summed E-state index contributed by atoms with van der Waals surface area (Å²) in [6.45, 7) is 0.445. The molecule has 0 aliphatic carbocycles. The van der Waals surface area contributed by atoms with E-state index in [-0.39, 0.29) is 5.82 Å². The number of hydrogen-bond donors (Lipinski definition) is 1. The summed E-state index contributed by atoms with van der Waals surface area (Å²) in [6.07, 6.45) is 1.40. The van der Waals surface area contributed by atoms with Gasteiger partial charge in [-0.05, 0) is 27.6 Å². The molecule has 94 valence electrons. The highest BCUT2D eigenvalue weighted by atomic mass is 35.5. The van der Waals surface area contributed by atoms with E-state index >= 15 is 0 Å². The van der Waals surface area contributed by atoms with Gasteiger partial charge in [0.2, 0.25) is 12.1 Å². The lowest BCUT2D eigenvalue weighted by Crippen LogP contribution is -2.05. The monoisotopic (exact) mass is 266 g/mol. The van der Waals surface area contributed by atoms with Crippen LogP contribution in [0.5, 0.6) is 0 Å². The topological polar surface area (TPSA) is 73.0 Å². The van der Waals surface area contributed by atoms with Crippen LogP contribution in [-0.2, 0) is 13.6 Å². The number of hydrogen-bond acceptors (Lipinski definition) is 4. The minimum Gasteiger partial charge on any atom is -0.360 e. The number of anilines is 1. The number of imidazole rings is 1. The molecule has 2 rings (SSSR count). The Morgan fingerprint density at radius 3 is 3.00 bits per heavy atom. The highest BCUT2D eigenvalue weighted by Gasteiger charge is 2.19. The van der Waals surface area contributed by atoms with Crippen LogP contribution in [-0.4, -0.2) is 14.5 Å². The van der Waals surface area contributed by atoms with E-state index < -0.39 is 4.92 Å². The fourth-order valence-corrected chi connectivity index (χ4v) is 1.80. The molecule has 1 N–H and O–H groups in total. The number of nitro groups is 1. The van der Waals surface area contributed by atoms with Crippen molar-refractivity contribution in [3.8, 4) is 0 Å². The van der Waals surface area contributed by atoms with Crippen LogP contribution in [0.1, 0.15) is 5.56 Å². The van der Waals surface area contributed by atoms with Crippen LogP contribution in [0.2, 0.25) is 5.02 Å². The summed E-state index contributed by atoms with van der Waals surface area (Å²) in [6, 6.07) is 7.30. The Kier molecular flexibility index (Phi) is 3.47. The molecule has 7 heteroatoms. The van der Waals surface area contributed by atoms with E-state index in [0.29, 0.717) is 17.4 Å². The van der Waals surface area contributed by atoms with Gasteiger partial charge in [0.25, 0.3) is 0 Å². The summed E-state index contributed by atoms with van der Waals surface area (Å²) in [5, 5.41) is 14.4. The van der Waals surface area contributed by atoms with E-state index in [2.05, 4.69) is 10.3 Å². The molecule has 1 heterocycles. The van der Waals surface area contributed by atoms with Crippen LogP contribution in [0.4, 0.5) is 11.6 Å². The second-order valence-electron chi connectivity index (χ2n) is 3.77. The molecule has 0 amide bonds. The molecule has 6 nitrogen and oxygen atoms in total. The van der Waals surface area contributed by atoms with Gasteiger partial charge in [-0.15, -0.1) is 0 Å². The molecule has 0 unspecified atom stereocenters. The summed E-state index contributed by atoms with van der Waals surface area (Å²) in [5.41, 5.74) is 0.943. The first-order chi connectivity index (χ1) is 8.58. The Bertz CT molecular complexity index is 582. The lowest BCUT2D eigenvalue weighted by atomic mass is 10.2. The first-order valence-corrected chi connectivity index (χ1v) is 5.60. The number of halogens is 1. The SMILES string of the molecule is Cn1cnc([N+](=O)[O-])c1NCc1cccc(Cl)c1. The summed E-state index contributed by atoms with van der Waals surface area (Å²) in [5.74, 6) is 0.194. The Hall–Kier alpha value is -2.08. The molecule has 18 heavy (non-hydrogen) atoms. The molecule has 1 aromatic heterocycles. The Labute approximate surface area is 108 Å². The summed E-state index contributed by atoms with van der Waals surface area (Å²) < 4.78 is 1.57. The second kappa shape index (κ2) is 5.05. The van der Waals surface area contributed by atoms with Gasteiger partial charge in [0.15, 0.2) is 0 Å². The quantitative estimate of drug-likeness (QED) is 0.682. The maximum absolute atomic E-state index is 10.8. The van der Waals surface area contributed by atoms with Crippen LogP contribution in [0, 0.1) is 10.1 Å². The van der Waals surface area contributed by atoms with Crippen LogP contribution in [0.3, 0.4) is 0 Å². The highest BCUT2D eigenvalue weighted by molar-refractivity contribution is 6.30. The molecule has 0 aliphatic heterocycles. The molecule has 0 atom stereocenters. The fourth-order valence-electron chi connectivity index (χ4n) is 1.59. The standard InChI is InChI=1S/C11H11ClN4O2/c1-15-7-14-11(16(17)18)10(15)13-6-8-3-2-4-9(12)5-8/h2-5,7,13H,6H2,1H3. The van der Waals surface area contributed by atoms with E-state index in [9.17, 15) is 10.1 Å². The van der Waals surface area contributed by atoms with Crippen LogP contribution in [0.15, 0.2) is 30.6 Å². The zero-order valence-electron chi connectivity index (χ0n) is 9.63. The Morgan fingerprint density at radius 1 is 1.56 bits per heavy atom. The Balaban J connectivity index is 2.15. The van der Waals surface area contributed by atoms with Gasteiger partial charge in [-0.2, -0.15) is 0 Å². The predicted octanol–water partition coefficient (Wildman–Crippen LogP) is 2.59. The molecule has 1 aromatic carbocycles. The van der Waals surface area contributed by atoms with E-state index in [1.807, 2.05) is 12.1 Å². The van der Waals surface area contributed by atoms with Gasteiger partial charge < -0.3 is 15.4 Å². The predicted molar refractivity (Wildman–Crippen MR) is 68.6 cm³/mol. The molecule has 0 saturated carbocycles. The first-order valence-electron chi connectivity index (χ1n) is 5.22. The first kappa shape index (κ1) is 12.4. The number of rotatable bonds is 4. The van der Waals surface area contributed by atoms with E-state index in [1.165, 1.54) is 6.33 Å². The van der Waals surface area contributed by atoms with E-state index in [1.54, 1.807) is 23.7 Å². The van der Waals surface area contributed by atoms with Crippen LogP contribution < -0.4 is 5.32 Å². The molecule has 2 aromatic rings. The van der Waals surface area contributed by atoms with Crippen molar-refractivity contribution in [3.63, 3.8) is 0 Å². The van der Waals surface area contributed by atoms with Crippen LogP contribution in [0.25, 0.3) is 0 Å². The van der Waals surface area contributed by atoms with Gasteiger partial charge in [0.05, 0.1) is 0 Å². The maximum Gasteiger partial charge on any atom is 0.406 e. The largest absolute Gasteiger partial charge is 0.406 e. The van der Waals surface area contributed by atoms with Crippen molar-refractivity contribution in [1.29, 1.82) is 0 Å². The minimum atomic E-state index is -0.514. The average molecular weight is 267 g/mol. The minimum absolute atomic E-state index is 0.181. The highest BCUT2D eigenvalue weighted by Crippen LogP contribution is 2.22. The van der Waals surface area contributed by atoms with Crippen LogP contribution >= 0.6 is 11.6 Å². The van der Waals surface area contributed by atoms with Crippen molar-refractivity contribution in [1.82, 2.24) is 9.55 Å². The van der Waals surface area contributed by atoms with Gasteiger partial charge in [0, 0.05) is 18.6 Å². The molecule has 0 fully saturated rings. The van der Waals surface area contributed by atoms with Crippen molar-refractivity contribution in [2.75, 3.05) is 5.32 Å². The molecule has 0 saturated heterocycles. The third-order valence-electron chi connectivity index (χ3n) is 2.44. The zero-order chi connectivity index (χ0) is 13.1. The van der Waals surface area contributed by atoms with Gasteiger partial charge in [0.1, 0.15) is 0 Å². The third kappa shape index (κ3) is 2.60. The van der Waals surface area contributed by atoms with Crippen molar-refractivity contribution < 1.29 is 4.92 Å². The molecule has 0 aliphatic rings. The molecule has 0 spiro atoms. The smallest absolute Gasteiger partial charge is 0.360 e. The van der Waals surface area contributed by atoms with Crippen molar-refractivity contribution >= 4 is 23.2 Å². The third-order valence-corrected chi connectivity index (χ3v) is 2.67. The van der Waals surface area contributed by atoms with Crippen molar-refractivity contribution in [2.24, 2.45) is 7.05 Å². The summed E-state index contributed by atoms with van der Waals surface area (Å²) in [7, 11) is 1.69. The lowest BCUT2D eigenvalue weighted by Gasteiger charge is -2.06. The fraction of sp³-hybridized carbons (Fsp3) is 0.182. The van der Waals surface area contributed by atoms with Crippen molar-refractivity contribution in [2.45, 2.75) is 6.54 Å². The van der Waals surface area contributed by atoms with Crippen molar-refractivity contribution in [3.05, 3.63) is 51.3 Å².